The van der Waals surface area contributed by atoms with E-state index in [0.29, 0.717) is 6.54 Å². The molecule has 1 aliphatic heterocycles. The Kier molecular flexibility index (Phi) is 6.86. The molecule has 0 amide bonds. The van der Waals surface area contributed by atoms with Crippen LogP contribution >= 0.6 is 0 Å². The Hall–Kier alpha value is -0.910. The summed E-state index contributed by atoms with van der Waals surface area (Å²) in [5.74, 6) is 0.0679. The van der Waals surface area contributed by atoms with Gasteiger partial charge in [0.1, 0.15) is 0 Å². The summed E-state index contributed by atoms with van der Waals surface area (Å²) < 4.78 is 26.9. The highest BCUT2D eigenvalue weighted by Gasteiger charge is 2.12. The predicted octanol–water partition coefficient (Wildman–Crippen LogP) is 2.68. The number of rotatable bonds is 7. The summed E-state index contributed by atoms with van der Waals surface area (Å²) in [5, 5.41) is 0. The lowest BCUT2D eigenvalue weighted by molar-refractivity contribution is 0.282. The Bertz CT molecular complexity index is 550. The third-order valence-electron chi connectivity index (χ3n) is 4.11. The average Bonchev–Trinajstić information content (AvgIpc) is 2.72. The van der Waals surface area contributed by atoms with Crippen LogP contribution in [0.1, 0.15) is 43.2 Å². The minimum absolute atomic E-state index is 0.0679. The summed E-state index contributed by atoms with van der Waals surface area (Å²) in [4.78, 5) is 2.46. The standard InChI is InChI=1S/C17H28N2O2S/c1-16-8-6-9-17(14-16)15-22(20,21)18-10-7-13-19-11-4-2-3-5-12-19/h6,8-9,14,18H,2-5,7,10-13,15H2,1H3. The van der Waals surface area contributed by atoms with Gasteiger partial charge in [0.25, 0.3) is 0 Å². The average molecular weight is 324 g/mol. The molecule has 0 bridgehead atoms. The summed E-state index contributed by atoms with van der Waals surface area (Å²) in [5.41, 5.74) is 1.94. The van der Waals surface area contributed by atoms with Crippen LogP contribution < -0.4 is 4.72 Å². The summed E-state index contributed by atoms with van der Waals surface area (Å²) in [6, 6.07) is 7.67. The zero-order valence-corrected chi connectivity index (χ0v) is 14.4. The number of hydrogen-bond donors (Lipinski definition) is 1. The van der Waals surface area contributed by atoms with E-state index in [4.69, 9.17) is 0 Å². The fourth-order valence-electron chi connectivity index (χ4n) is 2.96. The van der Waals surface area contributed by atoms with Crippen LogP contribution in [0.3, 0.4) is 0 Å². The maximum absolute atomic E-state index is 12.1. The number of benzene rings is 1. The van der Waals surface area contributed by atoms with Gasteiger partial charge in [-0.3, -0.25) is 0 Å². The largest absolute Gasteiger partial charge is 0.303 e. The zero-order chi connectivity index (χ0) is 15.8. The summed E-state index contributed by atoms with van der Waals surface area (Å²) in [6.45, 7) is 5.83. The Morgan fingerprint density at radius 1 is 1.14 bits per heavy atom. The highest BCUT2D eigenvalue weighted by atomic mass is 32.2. The lowest BCUT2D eigenvalue weighted by Crippen LogP contribution is -2.31. The topological polar surface area (TPSA) is 49.4 Å². The van der Waals surface area contributed by atoms with Crippen molar-refractivity contribution in [3.63, 3.8) is 0 Å². The van der Waals surface area contributed by atoms with Crippen molar-refractivity contribution >= 4 is 10.0 Å². The van der Waals surface area contributed by atoms with Crippen LogP contribution in [0.2, 0.25) is 0 Å². The van der Waals surface area contributed by atoms with Crippen molar-refractivity contribution < 1.29 is 8.42 Å². The molecule has 124 valence electrons. The molecule has 0 spiro atoms. The van der Waals surface area contributed by atoms with Gasteiger partial charge in [0.05, 0.1) is 5.75 Å². The lowest BCUT2D eigenvalue weighted by Gasteiger charge is -2.19. The van der Waals surface area contributed by atoms with E-state index in [9.17, 15) is 8.42 Å². The summed E-state index contributed by atoms with van der Waals surface area (Å²) in [7, 11) is -3.23. The van der Waals surface area contributed by atoms with Gasteiger partial charge in [-0.05, 0) is 51.4 Å². The van der Waals surface area contributed by atoms with Crippen molar-refractivity contribution in [3.05, 3.63) is 35.4 Å². The van der Waals surface area contributed by atoms with Crippen LogP contribution in [0.25, 0.3) is 0 Å². The highest BCUT2D eigenvalue weighted by molar-refractivity contribution is 7.88. The fourth-order valence-corrected chi connectivity index (χ4v) is 4.14. The maximum atomic E-state index is 12.1. The molecule has 0 unspecified atom stereocenters. The number of nitrogens with one attached hydrogen (secondary N) is 1. The molecule has 0 radical (unpaired) electrons. The van der Waals surface area contributed by atoms with E-state index >= 15 is 0 Å². The molecule has 1 aromatic carbocycles. The number of hydrogen-bond acceptors (Lipinski definition) is 3. The number of likely N-dealkylation sites (tertiary alicyclic amines) is 1. The van der Waals surface area contributed by atoms with Crippen LogP contribution in [-0.2, 0) is 15.8 Å². The predicted molar refractivity (Wildman–Crippen MR) is 91.3 cm³/mol. The van der Waals surface area contributed by atoms with Crippen LogP contribution in [0.5, 0.6) is 0 Å². The molecule has 0 aliphatic carbocycles. The van der Waals surface area contributed by atoms with E-state index in [1.165, 1.54) is 25.7 Å². The normalized spacial score (nSPS) is 17.3. The van der Waals surface area contributed by atoms with E-state index < -0.39 is 10.0 Å². The molecular weight excluding hydrogens is 296 g/mol. The van der Waals surface area contributed by atoms with Gasteiger partial charge in [-0.15, -0.1) is 0 Å². The van der Waals surface area contributed by atoms with Crippen molar-refractivity contribution in [1.29, 1.82) is 0 Å². The molecule has 22 heavy (non-hydrogen) atoms. The van der Waals surface area contributed by atoms with Gasteiger partial charge in [-0.2, -0.15) is 0 Å². The lowest BCUT2D eigenvalue weighted by atomic mass is 10.2. The third kappa shape index (κ3) is 6.46. The van der Waals surface area contributed by atoms with Gasteiger partial charge in [0, 0.05) is 6.54 Å². The first-order valence-electron chi connectivity index (χ1n) is 8.30. The molecule has 0 saturated carbocycles. The molecule has 1 fully saturated rings. The molecule has 1 saturated heterocycles. The van der Waals surface area contributed by atoms with Gasteiger partial charge in [-0.25, -0.2) is 13.1 Å². The number of nitrogens with zero attached hydrogens (tertiary/aromatic N) is 1. The summed E-state index contributed by atoms with van der Waals surface area (Å²) >= 11 is 0. The van der Waals surface area contributed by atoms with Crippen molar-refractivity contribution in [2.75, 3.05) is 26.2 Å². The first-order chi connectivity index (χ1) is 10.6. The van der Waals surface area contributed by atoms with E-state index in [-0.39, 0.29) is 5.75 Å². The molecule has 1 aromatic rings. The number of aryl methyl sites for hydroxylation is 1. The van der Waals surface area contributed by atoms with Crippen LogP contribution in [0.4, 0.5) is 0 Å². The van der Waals surface area contributed by atoms with Crippen molar-refractivity contribution in [2.24, 2.45) is 0 Å². The van der Waals surface area contributed by atoms with Crippen molar-refractivity contribution in [1.82, 2.24) is 9.62 Å². The molecule has 0 aromatic heterocycles. The minimum Gasteiger partial charge on any atom is -0.303 e. The molecule has 0 atom stereocenters. The van der Waals surface area contributed by atoms with Crippen molar-refractivity contribution in [3.8, 4) is 0 Å². The van der Waals surface area contributed by atoms with E-state index in [1.807, 2.05) is 31.2 Å². The first-order valence-corrected chi connectivity index (χ1v) is 9.96. The molecule has 1 aliphatic rings. The highest BCUT2D eigenvalue weighted by Crippen LogP contribution is 2.10. The number of sulfonamides is 1. The van der Waals surface area contributed by atoms with E-state index in [0.717, 1.165) is 37.2 Å². The van der Waals surface area contributed by atoms with Gasteiger partial charge < -0.3 is 4.90 Å². The zero-order valence-electron chi connectivity index (χ0n) is 13.6. The Morgan fingerprint density at radius 3 is 2.55 bits per heavy atom. The summed E-state index contributed by atoms with van der Waals surface area (Å²) in [6.07, 6.45) is 6.10. The maximum Gasteiger partial charge on any atom is 0.215 e. The second kappa shape index (κ2) is 8.65. The van der Waals surface area contributed by atoms with Gasteiger partial charge >= 0.3 is 0 Å². The van der Waals surface area contributed by atoms with E-state index in [2.05, 4.69) is 9.62 Å². The Balaban J connectivity index is 1.70. The smallest absolute Gasteiger partial charge is 0.215 e. The quantitative estimate of drug-likeness (QED) is 0.785. The molecule has 1 heterocycles. The van der Waals surface area contributed by atoms with Gasteiger partial charge in [0.2, 0.25) is 10.0 Å². The fraction of sp³-hybridized carbons (Fsp3) is 0.647. The molecule has 4 nitrogen and oxygen atoms in total. The molecular formula is C17H28N2O2S. The Morgan fingerprint density at radius 2 is 1.86 bits per heavy atom. The van der Waals surface area contributed by atoms with Crippen LogP contribution in [-0.4, -0.2) is 39.5 Å². The third-order valence-corrected chi connectivity index (χ3v) is 5.47. The monoisotopic (exact) mass is 324 g/mol. The van der Waals surface area contributed by atoms with Crippen LogP contribution in [0.15, 0.2) is 24.3 Å². The van der Waals surface area contributed by atoms with Gasteiger partial charge in [-0.1, -0.05) is 42.7 Å². The SMILES string of the molecule is Cc1cccc(CS(=O)(=O)NCCCN2CCCCCC2)c1. The molecule has 1 N–H and O–H groups in total. The second-order valence-corrected chi connectivity index (χ2v) is 8.06. The van der Waals surface area contributed by atoms with E-state index in [1.54, 1.807) is 0 Å². The van der Waals surface area contributed by atoms with Crippen molar-refractivity contribution in [2.45, 2.75) is 44.8 Å². The minimum atomic E-state index is -3.23. The second-order valence-electron chi connectivity index (χ2n) is 6.25. The van der Waals surface area contributed by atoms with Crippen LogP contribution in [0, 0.1) is 6.92 Å². The molecule has 5 heteroatoms. The first kappa shape index (κ1) is 17.4. The molecule has 2 rings (SSSR count). The Labute approximate surface area is 135 Å². The van der Waals surface area contributed by atoms with Gasteiger partial charge in [0.15, 0.2) is 0 Å².